The van der Waals surface area contributed by atoms with Crippen molar-refractivity contribution < 1.29 is 4.79 Å². The Bertz CT molecular complexity index is 489. The zero-order chi connectivity index (χ0) is 14.6. The van der Waals surface area contributed by atoms with Crippen LogP contribution in [0.2, 0.25) is 5.02 Å². The molecule has 110 valence electrons. The molecule has 1 aliphatic rings. The first-order valence-electron chi connectivity index (χ1n) is 6.77. The summed E-state index contributed by atoms with van der Waals surface area (Å²) in [5.74, 6) is 0.474. The van der Waals surface area contributed by atoms with E-state index < -0.39 is 0 Å². The zero-order valence-electron chi connectivity index (χ0n) is 11.8. The Balaban J connectivity index is 1.99. The van der Waals surface area contributed by atoms with Gasteiger partial charge in [-0.3, -0.25) is 4.79 Å². The zero-order valence-corrected chi connectivity index (χ0v) is 13.4. The lowest BCUT2D eigenvalue weighted by Crippen LogP contribution is -2.38. The summed E-state index contributed by atoms with van der Waals surface area (Å²) in [6.45, 7) is 0.707. The number of hydrogen-bond acceptors (Lipinski definition) is 4. The molecule has 1 aromatic rings. The molecule has 0 spiro atoms. The third-order valence-electron chi connectivity index (χ3n) is 3.86. The van der Waals surface area contributed by atoms with Crippen molar-refractivity contribution in [3.8, 4) is 0 Å². The normalized spacial score (nSPS) is 16.9. The van der Waals surface area contributed by atoms with Crippen LogP contribution < -0.4 is 10.6 Å². The molecule has 6 heteroatoms. The number of carbonyl (C=O) groups excluding carboxylic acids is 1. The van der Waals surface area contributed by atoms with Crippen molar-refractivity contribution in [3.05, 3.63) is 22.8 Å². The number of rotatable bonds is 5. The van der Waals surface area contributed by atoms with Gasteiger partial charge in [0.1, 0.15) is 5.82 Å². The summed E-state index contributed by atoms with van der Waals surface area (Å²) in [6, 6.07) is 1.65. The lowest BCUT2D eigenvalue weighted by Gasteiger charge is -2.26. The van der Waals surface area contributed by atoms with Gasteiger partial charge in [-0.25, -0.2) is 4.98 Å². The Morgan fingerprint density at radius 2 is 2.20 bits per heavy atom. The summed E-state index contributed by atoms with van der Waals surface area (Å²) < 4.78 is 0.206. The van der Waals surface area contributed by atoms with Crippen LogP contribution in [-0.2, 0) is 0 Å². The van der Waals surface area contributed by atoms with Crippen molar-refractivity contribution in [2.24, 2.45) is 0 Å². The third kappa shape index (κ3) is 3.38. The van der Waals surface area contributed by atoms with Gasteiger partial charge < -0.3 is 10.6 Å². The maximum absolute atomic E-state index is 12.2. The quantitative estimate of drug-likeness (QED) is 0.876. The molecule has 0 unspecified atom stereocenters. The highest BCUT2D eigenvalue weighted by atomic mass is 35.5. The van der Waals surface area contributed by atoms with Crippen molar-refractivity contribution >= 4 is 35.1 Å². The number of carbonyl (C=O) groups is 1. The van der Waals surface area contributed by atoms with Gasteiger partial charge in [0.15, 0.2) is 0 Å². The summed E-state index contributed by atoms with van der Waals surface area (Å²) in [6.07, 6.45) is 8.52. The molecule has 20 heavy (non-hydrogen) atoms. The topological polar surface area (TPSA) is 54.0 Å². The van der Waals surface area contributed by atoms with Gasteiger partial charge in [0.2, 0.25) is 0 Å². The summed E-state index contributed by atoms with van der Waals surface area (Å²) in [5, 5.41) is 6.35. The molecule has 2 rings (SSSR count). The molecule has 1 amide bonds. The van der Waals surface area contributed by atoms with Crippen LogP contribution >= 0.6 is 23.4 Å². The summed E-state index contributed by atoms with van der Waals surface area (Å²) in [4.78, 5) is 16.3. The van der Waals surface area contributed by atoms with Crippen LogP contribution in [0.15, 0.2) is 12.3 Å². The second-order valence-corrected chi connectivity index (χ2v) is 6.76. The number of halogens is 1. The van der Waals surface area contributed by atoms with Crippen molar-refractivity contribution in [1.82, 2.24) is 10.3 Å². The molecular weight excluding hydrogens is 294 g/mol. The monoisotopic (exact) mass is 313 g/mol. The minimum atomic E-state index is -0.109. The van der Waals surface area contributed by atoms with E-state index in [2.05, 4.69) is 21.9 Å². The van der Waals surface area contributed by atoms with Gasteiger partial charge >= 0.3 is 0 Å². The number of anilines is 1. The predicted octanol–water partition coefficient (Wildman–Crippen LogP) is 3.18. The molecule has 4 nitrogen and oxygen atoms in total. The average Bonchev–Trinajstić information content (AvgIpc) is 2.94. The highest BCUT2D eigenvalue weighted by Gasteiger charge is 2.33. The molecule has 1 saturated carbocycles. The van der Waals surface area contributed by atoms with Crippen LogP contribution in [0.5, 0.6) is 0 Å². The number of hydrogen-bond donors (Lipinski definition) is 2. The van der Waals surface area contributed by atoms with Gasteiger partial charge in [-0.1, -0.05) is 24.4 Å². The van der Waals surface area contributed by atoms with Gasteiger partial charge in [0.05, 0.1) is 10.6 Å². The molecule has 0 bridgehead atoms. The molecule has 0 saturated heterocycles. The number of thioether (sulfide) groups is 1. The van der Waals surface area contributed by atoms with Crippen molar-refractivity contribution in [3.63, 3.8) is 0 Å². The minimum Gasteiger partial charge on any atom is -0.372 e. The molecule has 1 aliphatic carbocycles. The van der Waals surface area contributed by atoms with Gasteiger partial charge in [0.25, 0.3) is 5.91 Å². The number of amides is 1. The van der Waals surface area contributed by atoms with E-state index in [-0.39, 0.29) is 10.7 Å². The molecule has 1 heterocycles. The number of aromatic nitrogens is 1. The fourth-order valence-electron chi connectivity index (χ4n) is 2.56. The maximum atomic E-state index is 12.2. The van der Waals surface area contributed by atoms with E-state index in [0.29, 0.717) is 22.9 Å². The molecule has 0 aliphatic heterocycles. The summed E-state index contributed by atoms with van der Waals surface area (Å²) in [7, 11) is 1.75. The van der Waals surface area contributed by atoms with Crippen LogP contribution in [-0.4, -0.2) is 35.5 Å². The molecule has 0 atom stereocenters. The summed E-state index contributed by atoms with van der Waals surface area (Å²) in [5.41, 5.74) is 0.503. The van der Waals surface area contributed by atoms with Gasteiger partial charge in [-0.2, -0.15) is 11.8 Å². The second-order valence-electron chi connectivity index (χ2n) is 5.08. The van der Waals surface area contributed by atoms with E-state index in [9.17, 15) is 4.79 Å². The predicted molar refractivity (Wildman–Crippen MR) is 85.8 cm³/mol. The van der Waals surface area contributed by atoms with Crippen LogP contribution in [0.1, 0.15) is 36.0 Å². The first-order valence-corrected chi connectivity index (χ1v) is 8.37. The van der Waals surface area contributed by atoms with E-state index in [1.54, 1.807) is 19.3 Å². The lowest BCUT2D eigenvalue weighted by molar-refractivity contribution is 0.0949. The first-order chi connectivity index (χ1) is 9.60. The van der Waals surface area contributed by atoms with Crippen LogP contribution in [0.4, 0.5) is 5.82 Å². The minimum absolute atomic E-state index is 0.109. The molecule has 0 radical (unpaired) electrons. The van der Waals surface area contributed by atoms with E-state index in [4.69, 9.17) is 11.6 Å². The van der Waals surface area contributed by atoms with E-state index in [1.165, 1.54) is 25.7 Å². The average molecular weight is 314 g/mol. The SMILES string of the molecule is CNc1ncc(C(=O)NCC2(SC)CCCC2)cc1Cl. The number of nitrogens with one attached hydrogen (secondary N) is 2. The fraction of sp³-hybridized carbons (Fsp3) is 0.571. The maximum Gasteiger partial charge on any atom is 0.252 e. The van der Waals surface area contributed by atoms with Crippen LogP contribution in [0.25, 0.3) is 0 Å². The summed E-state index contributed by atoms with van der Waals surface area (Å²) >= 11 is 7.91. The Labute approximate surface area is 129 Å². The Morgan fingerprint density at radius 1 is 1.50 bits per heavy atom. The lowest BCUT2D eigenvalue weighted by atomic mass is 10.1. The highest BCUT2D eigenvalue weighted by molar-refractivity contribution is 8.00. The van der Waals surface area contributed by atoms with Crippen molar-refractivity contribution in [2.75, 3.05) is 25.2 Å². The molecule has 1 fully saturated rings. The number of pyridine rings is 1. The van der Waals surface area contributed by atoms with Crippen molar-refractivity contribution in [2.45, 2.75) is 30.4 Å². The van der Waals surface area contributed by atoms with Crippen molar-refractivity contribution in [1.29, 1.82) is 0 Å². The first kappa shape index (κ1) is 15.4. The standard InChI is InChI=1S/C14H20ClN3OS/c1-16-12-11(15)7-10(8-17-12)13(19)18-9-14(20-2)5-3-4-6-14/h7-8H,3-6,9H2,1-2H3,(H,16,17)(H,18,19). The second kappa shape index (κ2) is 6.68. The molecular formula is C14H20ClN3OS. The van der Waals surface area contributed by atoms with Gasteiger partial charge in [-0.15, -0.1) is 0 Å². The van der Waals surface area contributed by atoms with Gasteiger partial charge in [0, 0.05) is 24.5 Å². The Hall–Kier alpha value is -0.940. The Morgan fingerprint density at radius 3 is 2.75 bits per heavy atom. The van der Waals surface area contributed by atoms with Crippen LogP contribution in [0, 0.1) is 0 Å². The fourth-order valence-corrected chi connectivity index (χ4v) is 3.74. The largest absolute Gasteiger partial charge is 0.372 e. The number of nitrogens with zero attached hydrogens (tertiary/aromatic N) is 1. The molecule has 1 aromatic heterocycles. The highest BCUT2D eigenvalue weighted by Crippen LogP contribution is 2.39. The van der Waals surface area contributed by atoms with Crippen LogP contribution in [0.3, 0.4) is 0 Å². The van der Waals surface area contributed by atoms with E-state index in [1.807, 2.05) is 11.8 Å². The molecule has 2 N–H and O–H groups in total. The van der Waals surface area contributed by atoms with Gasteiger partial charge in [-0.05, 0) is 25.2 Å². The molecule has 0 aromatic carbocycles. The Kier molecular flexibility index (Phi) is 5.16. The third-order valence-corrected chi connectivity index (χ3v) is 5.57. The van der Waals surface area contributed by atoms with E-state index >= 15 is 0 Å². The van der Waals surface area contributed by atoms with E-state index in [0.717, 1.165) is 0 Å². The smallest absolute Gasteiger partial charge is 0.252 e.